The molecule has 0 radical (unpaired) electrons. The Hall–Kier alpha value is -2.74. The number of rotatable bonds is 4. The molecule has 23 heavy (non-hydrogen) atoms. The van der Waals surface area contributed by atoms with Crippen LogP contribution in [0.1, 0.15) is 10.5 Å². The zero-order chi connectivity index (χ0) is 15.8. The van der Waals surface area contributed by atoms with E-state index in [1.54, 1.807) is 29.8 Å². The zero-order valence-corrected chi connectivity index (χ0v) is 12.9. The van der Waals surface area contributed by atoms with Crippen molar-refractivity contribution in [3.63, 3.8) is 0 Å². The number of ether oxygens (including phenoxy) is 1. The van der Waals surface area contributed by atoms with Crippen LogP contribution in [-0.4, -0.2) is 40.1 Å². The topological polar surface area (TPSA) is 94.2 Å². The summed E-state index contributed by atoms with van der Waals surface area (Å²) in [7, 11) is 0. The summed E-state index contributed by atoms with van der Waals surface area (Å²) in [6.07, 6.45) is 3.15. The highest BCUT2D eigenvalue weighted by molar-refractivity contribution is 7.17. The van der Waals surface area contributed by atoms with Gasteiger partial charge in [-0.2, -0.15) is 0 Å². The molecule has 1 aliphatic heterocycles. The van der Waals surface area contributed by atoms with E-state index in [9.17, 15) is 4.79 Å². The Kier molecular flexibility index (Phi) is 3.30. The number of amides is 1. The van der Waals surface area contributed by atoms with Gasteiger partial charge in [-0.15, -0.1) is 11.3 Å². The maximum Gasteiger partial charge on any atom is 0.267 e. The van der Waals surface area contributed by atoms with Crippen LogP contribution >= 0.6 is 11.3 Å². The Labute approximate surface area is 135 Å². The molecule has 1 amide bonds. The van der Waals surface area contributed by atoms with Crippen molar-refractivity contribution >= 4 is 33.3 Å². The van der Waals surface area contributed by atoms with E-state index in [1.807, 2.05) is 11.4 Å². The first kappa shape index (κ1) is 13.9. The van der Waals surface area contributed by atoms with E-state index in [1.165, 1.54) is 6.20 Å². The van der Waals surface area contributed by atoms with Gasteiger partial charge in [0.05, 0.1) is 23.3 Å². The number of carbonyl (C=O) groups excluding carboxylic acids is 1. The Morgan fingerprint density at radius 2 is 2.17 bits per heavy atom. The average molecular weight is 327 g/mol. The van der Waals surface area contributed by atoms with Crippen molar-refractivity contribution in [3.05, 3.63) is 41.8 Å². The molecule has 1 fully saturated rings. The summed E-state index contributed by atoms with van der Waals surface area (Å²) >= 11 is 1.63. The van der Waals surface area contributed by atoms with Gasteiger partial charge in [-0.25, -0.2) is 9.97 Å². The molecule has 1 aliphatic rings. The maximum atomic E-state index is 11.1. The van der Waals surface area contributed by atoms with Crippen LogP contribution < -0.4 is 15.4 Å². The van der Waals surface area contributed by atoms with Crippen LogP contribution in [-0.2, 0) is 0 Å². The van der Waals surface area contributed by atoms with Crippen molar-refractivity contribution < 1.29 is 9.53 Å². The van der Waals surface area contributed by atoms with Gasteiger partial charge in [0.2, 0.25) is 0 Å². The minimum absolute atomic E-state index is 0.0445. The van der Waals surface area contributed by atoms with Crippen molar-refractivity contribution in [1.29, 1.82) is 0 Å². The maximum absolute atomic E-state index is 11.1. The molecule has 116 valence electrons. The van der Waals surface area contributed by atoms with Crippen molar-refractivity contribution in [1.82, 2.24) is 15.0 Å². The van der Waals surface area contributed by atoms with E-state index in [-0.39, 0.29) is 11.8 Å². The van der Waals surface area contributed by atoms with Gasteiger partial charge in [-0.05, 0) is 17.5 Å². The molecular formula is C15H13N5O2S. The third kappa shape index (κ3) is 2.57. The van der Waals surface area contributed by atoms with Gasteiger partial charge in [-0.3, -0.25) is 9.78 Å². The molecule has 0 aromatic carbocycles. The number of fused-ring (bicyclic) bond motifs is 1. The smallest absolute Gasteiger partial charge is 0.267 e. The monoisotopic (exact) mass is 327 g/mol. The van der Waals surface area contributed by atoms with Crippen LogP contribution in [0, 0.1) is 0 Å². The molecule has 3 aromatic rings. The fraction of sp³-hybridized carbons (Fsp3) is 0.200. The molecular weight excluding hydrogens is 314 g/mol. The molecule has 8 heteroatoms. The highest BCUT2D eigenvalue weighted by Gasteiger charge is 2.31. The summed E-state index contributed by atoms with van der Waals surface area (Å²) in [6, 6.07) is 5.27. The van der Waals surface area contributed by atoms with Gasteiger partial charge in [0.15, 0.2) is 0 Å². The summed E-state index contributed by atoms with van der Waals surface area (Å²) < 4.78 is 6.95. The lowest BCUT2D eigenvalue weighted by molar-refractivity contribution is 0.0994. The van der Waals surface area contributed by atoms with Crippen LogP contribution in [0.15, 0.2) is 36.1 Å². The number of primary amides is 1. The van der Waals surface area contributed by atoms with E-state index in [4.69, 9.17) is 10.5 Å². The first-order valence-electron chi connectivity index (χ1n) is 7.06. The fourth-order valence-electron chi connectivity index (χ4n) is 2.50. The van der Waals surface area contributed by atoms with Gasteiger partial charge in [0.25, 0.3) is 5.91 Å². The third-order valence-corrected chi connectivity index (χ3v) is 4.56. The van der Waals surface area contributed by atoms with Gasteiger partial charge >= 0.3 is 0 Å². The number of thiophene rings is 1. The summed E-state index contributed by atoms with van der Waals surface area (Å²) in [5.41, 5.74) is 6.39. The molecule has 0 atom stereocenters. The molecule has 7 nitrogen and oxygen atoms in total. The Balaban J connectivity index is 1.45. The second-order valence-corrected chi connectivity index (χ2v) is 6.13. The second-order valence-electron chi connectivity index (χ2n) is 5.22. The van der Waals surface area contributed by atoms with E-state index in [0.29, 0.717) is 5.75 Å². The lowest BCUT2D eigenvalue weighted by Crippen LogP contribution is -2.54. The van der Waals surface area contributed by atoms with Gasteiger partial charge in [0.1, 0.15) is 29.7 Å². The van der Waals surface area contributed by atoms with Crippen molar-refractivity contribution in [2.75, 3.05) is 18.0 Å². The van der Waals surface area contributed by atoms with Crippen molar-refractivity contribution in [2.24, 2.45) is 5.73 Å². The van der Waals surface area contributed by atoms with E-state index in [0.717, 1.165) is 29.1 Å². The molecule has 0 bridgehead atoms. The predicted octanol–water partition coefficient (Wildman–Crippen LogP) is 1.45. The van der Waals surface area contributed by atoms with Crippen LogP contribution in [0.3, 0.4) is 0 Å². The molecule has 0 spiro atoms. The standard InChI is InChI=1S/C15H13N5O2S/c16-14(21)12-5-9(1-3-17-12)22-10-6-20(7-10)15-13-11(2-4-23-13)18-8-19-15/h1-5,8,10H,6-7H2,(H2,16,21). The molecule has 3 aromatic heterocycles. The number of nitrogens with zero attached hydrogens (tertiary/aromatic N) is 4. The average Bonchev–Trinajstić information content (AvgIpc) is 2.99. The molecule has 0 unspecified atom stereocenters. The highest BCUT2D eigenvalue weighted by atomic mass is 32.1. The van der Waals surface area contributed by atoms with E-state index in [2.05, 4.69) is 19.9 Å². The minimum atomic E-state index is -0.563. The van der Waals surface area contributed by atoms with Crippen LogP contribution in [0.4, 0.5) is 5.82 Å². The number of aromatic nitrogens is 3. The first-order chi connectivity index (χ1) is 11.2. The van der Waals surface area contributed by atoms with Crippen LogP contribution in [0.25, 0.3) is 10.2 Å². The Morgan fingerprint density at radius 3 is 3.00 bits per heavy atom. The third-order valence-electron chi connectivity index (χ3n) is 3.66. The number of carbonyl (C=O) groups is 1. The molecule has 1 saturated heterocycles. The van der Waals surface area contributed by atoms with E-state index < -0.39 is 5.91 Å². The normalized spacial score (nSPS) is 14.7. The second kappa shape index (κ2) is 5.47. The SMILES string of the molecule is NC(=O)c1cc(OC2CN(c3ncnc4ccsc34)C2)ccn1. The summed E-state index contributed by atoms with van der Waals surface area (Å²) in [4.78, 5) is 25.8. The summed E-state index contributed by atoms with van der Waals surface area (Å²) in [5.74, 6) is 0.978. The Bertz CT molecular complexity index is 875. The van der Waals surface area contributed by atoms with Crippen molar-refractivity contribution in [3.8, 4) is 5.75 Å². The number of hydrogen-bond acceptors (Lipinski definition) is 7. The molecule has 2 N–H and O–H groups in total. The highest BCUT2D eigenvalue weighted by Crippen LogP contribution is 2.31. The van der Waals surface area contributed by atoms with E-state index >= 15 is 0 Å². The minimum Gasteiger partial charge on any atom is -0.487 e. The fourth-order valence-corrected chi connectivity index (χ4v) is 3.36. The molecule has 4 heterocycles. The van der Waals surface area contributed by atoms with Crippen LogP contribution in [0.5, 0.6) is 5.75 Å². The van der Waals surface area contributed by atoms with Gasteiger partial charge in [0, 0.05) is 12.3 Å². The number of pyridine rings is 1. The molecule has 0 aliphatic carbocycles. The number of nitrogens with two attached hydrogens (primary N) is 1. The predicted molar refractivity (Wildman–Crippen MR) is 86.8 cm³/mol. The lowest BCUT2D eigenvalue weighted by atomic mass is 10.1. The summed E-state index contributed by atoms with van der Waals surface area (Å²) in [5, 5.41) is 2.01. The summed E-state index contributed by atoms with van der Waals surface area (Å²) in [6.45, 7) is 1.47. The molecule has 0 saturated carbocycles. The van der Waals surface area contributed by atoms with Crippen LogP contribution in [0.2, 0.25) is 0 Å². The zero-order valence-electron chi connectivity index (χ0n) is 12.0. The quantitative estimate of drug-likeness (QED) is 0.779. The lowest BCUT2D eigenvalue weighted by Gasteiger charge is -2.39. The first-order valence-corrected chi connectivity index (χ1v) is 7.94. The largest absolute Gasteiger partial charge is 0.487 e. The Morgan fingerprint density at radius 1 is 1.30 bits per heavy atom. The van der Waals surface area contributed by atoms with Gasteiger partial charge in [-0.1, -0.05) is 0 Å². The number of anilines is 1. The molecule has 4 rings (SSSR count). The van der Waals surface area contributed by atoms with Gasteiger partial charge < -0.3 is 15.4 Å². The van der Waals surface area contributed by atoms with Crippen molar-refractivity contribution in [2.45, 2.75) is 6.10 Å². The number of hydrogen-bond donors (Lipinski definition) is 1.